The van der Waals surface area contributed by atoms with Crippen molar-refractivity contribution in [3.63, 3.8) is 0 Å². The van der Waals surface area contributed by atoms with Gasteiger partial charge in [-0.25, -0.2) is 0 Å². The Morgan fingerprint density at radius 3 is 2.93 bits per heavy atom. The predicted molar refractivity (Wildman–Crippen MR) is 61.3 cm³/mol. The Kier molecular flexibility index (Phi) is 4.64. The number of hydrogen-bond acceptors (Lipinski definition) is 2. The van der Waals surface area contributed by atoms with E-state index in [-0.39, 0.29) is 5.91 Å². The number of rotatable bonds is 4. The summed E-state index contributed by atoms with van der Waals surface area (Å²) in [5, 5.41) is 2.71. The van der Waals surface area contributed by atoms with Crippen LogP contribution in [-0.4, -0.2) is 36.0 Å². The van der Waals surface area contributed by atoms with E-state index < -0.39 is 0 Å². The molecule has 0 saturated carbocycles. The maximum absolute atomic E-state index is 11.5. The van der Waals surface area contributed by atoms with E-state index in [0.717, 1.165) is 6.42 Å². The van der Waals surface area contributed by atoms with Crippen LogP contribution < -0.4 is 5.32 Å². The molecule has 0 radical (unpaired) electrons. The fourth-order valence-corrected chi connectivity index (χ4v) is 2.22. The van der Waals surface area contributed by atoms with Crippen molar-refractivity contribution >= 4 is 5.91 Å². The number of likely N-dealkylation sites (tertiary alicyclic amines) is 1. The third-order valence-corrected chi connectivity index (χ3v) is 3.14. The van der Waals surface area contributed by atoms with Crippen molar-refractivity contribution < 1.29 is 4.79 Å². The molecule has 0 aromatic carbocycles. The fraction of sp³-hybridized carbons (Fsp3) is 0.750. The molecule has 0 aliphatic carbocycles. The highest BCUT2D eigenvalue weighted by Crippen LogP contribution is 2.25. The maximum Gasteiger partial charge on any atom is 0.234 e. The molecule has 2 unspecified atom stereocenters. The maximum atomic E-state index is 11.5. The van der Waals surface area contributed by atoms with Crippen molar-refractivity contribution in [2.24, 2.45) is 0 Å². The van der Waals surface area contributed by atoms with Gasteiger partial charge in [0.25, 0.3) is 0 Å². The normalized spacial score (nSPS) is 26.2. The number of terminal acetylenes is 1. The molecule has 0 bridgehead atoms. The molecule has 1 aliphatic heterocycles. The molecule has 1 heterocycles. The zero-order valence-electron chi connectivity index (χ0n) is 9.62. The van der Waals surface area contributed by atoms with E-state index in [1.165, 1.54) is 12.8 Å². The van der Waals surface area contributed by atoms with Crippen LogP contribution in [0.4, 0.5) is 0 Å². The summed E-state index contributed by atoms with van der Waals surface area (Å²) in [6.07, 6.45) is 8.61. The van der Waals surface area contributed by atoms with Crippen LogP contribution in [0.3, 0.4) is 0 Å². The van der Waals surface area contributed by atoms with Gasteiger partial charge >= 0.3 is 0 Å². The Hall–Kier alpha value is -1.01. The average molecular weight is 208 g/mol. The summed E-state index contributed by atoms with van der Waals surface area (Å²) in [7, 11) is 0. The van der Waals surface area contributed by atoms with Gasteiger partial charge in [-0.15, -0.1) is 6.42 Å². The van der Waals surface area contributed by atoms with Crippen LogP contribution in [0.15, 0.2) is 0 Å². The second-order valence-corrected chi connectivity index (χ2v) is 4.14. The highest BCUT2D eigenvalue weighted by Gasteiger charge is 2.30. The van der Waals surface area contributed by atoms with Crippen LogP contribution >= 0.6 is 0 Å². The van der Waals surface area contributed by atoms with Gasteiger partial charge in [0.05, 0.1) is 13.1 Å². The van der Waals surface area contributed by atoms with Crippen molar-refractivity contribution in [3.8, 4) is 12.3 Å². The Balaban J connectivity index is 2.41. The van der Waals surface area contributed by atoms with Crippen LogP contribution in [0.1, 0.15) is 33.1 Å². The smallest absolute Gasteiger partial charge is 0.234 e. The molecule has 1 saturated heterocycles. The van der Waals surface area contributed by atoms with Crippen molar-refractivity contribution in [3.05, 3.63) is 0 Å². The van der Waals surface area contributed by atoms with Gasteiger partial charge in [-0.3, -0.25) is 9.69 Å². The van der Waals surface area contributed by atoms with Crippen molar-refractivity contribution in [2.75, 3.05) is 13.1 Å². The van der Waals surface area contributed by atoms with E-state index in [0.29, 0.717) is 25.2 Å². The standard InChI is InChI=1S/C12H20N2O/c1-4-8-13-12(15)9-14-10(3)6-7-11(14)5-2/h1,10-11H,5-9H2,2-3H3,(H,13,15). The third kappa shape index (κ3) is 3.24. The summed E-state index contributed by atoms with van der Waals surface area (Å²) in [4.78, 5) is 13.8. The minimum Gasteiger partial charge on any atom is -0.344 e. The summed E-state index contributed by atoms with van der Waals surface area (Å²) < 4.78 is 0. The van der Waals surface area contributed by atoms with E-state index >= 15 is 0 Å². The van der Waals surface area contributed by atoms with Gasteiger partial charge in [0.1, 0.15) is 0 Å². The fourth-order valence-electron chi connectivity index (χ4n) is 2.22. The Bertz CT molecular complexity index is 257. The number of hydrogen-bond donors (Lipinski definition) is 1. The Morgan fingerprint density at radius 1 is 1.60 bits per heavy atom. The molecule has 1 amide bonds. The molecule has 0 spiro atoms. The van der Waals surface area contributed by atoms with Gasteiger partial charge in [0, 0.05) is 12.1 Å². The van der Waals surface area contributed by atoms with Gasteiger partial charge in [-0.2, -0.15) is 0 Å². The van der Waals surface area contributed by atoms with E-state index in [2.05, 4.69) is 30.0 Å². The monoisotopic (exact) mass is 208 g/mol. The molecular weight excluding hydrogens is 188 g/mol. The van der Waals surface area contributed by atoms with E-state index in [1.807, 2.05) is 0 Å². The van der Waals surface area contributed by atoms with Crippen LogP contribution in [0.25, 0.3) is 0 Å². The molecule has 1 aliphatic rings. The van der Waals surface area contributed by atoms with Crippen LogP contribution in [-0.2, 0) is 4.79 Å². The zero-order chi connectivity index (χ0) is 11.3. The van der Waals surface area contributed by atoms with E-state index in [9.17, 15) is 4.79 Å². The Morgan fingerprint density at radius 2 is 2.33 bits per heavy atom. The minimum atomic E-state index is 0.0418. The van der Waals surface area contributed by atoms with E-state index in [1.54, 1.807) is 0 Å². The van der Waals surface area contributed by atoms with Crippen LogP contribution in [0, 0.1) is 12.3 Å². The van der Waals surface area contributed by atoms with Crippen molar-refractivity contribution in [1.29, 1.82) is 0 Å². The van der Waals surface area contributed by atoms with E-state index in [4.69, 9.17) is 6.42 Å². The third-order valence-electron chi connectivity index (χ3n) is 3.14. The highest BCUT2D eigenvalue weighted by molar-refractivity contribution is 5.78. The molecule has 2 atom stereocenters. The number of nitrogens with one attached hydrogen (secondary N) is 1. The van der Waals surface area contributed by atoms with Gasteiger partial charge in [-0.1, -0.05) is 12.8 Å². The molecule has 84 valence electrons. The lowest BCUT2D eigenvalue weighted by atomic mass is 10.1. The lowest BCUT2D eigenvalue weighted by molar-refractivity contribution is -0.122. The van der Waals surface area contributed by atoms with Crippen molar-refractivity contribution in [2.45, 2.75) is 45.2 Å². The molecule has 3 nitrogen and oxygen atoms in total. The molecular formula is C12H20N2O. The van der Waals surface area contributed by atoms with Gasteiger partial charge < -0.3 is 5.32 Å². The molecule has 1 fully saturated rings. The summed E-state index contributed by atoms with van der Waals surface area (Å²) in [5.74, 6) is 2.45. The van der Waals surface area contributed by atoms with Gasteiger partial charge in [0.15, 0.2) is 0 Å². The second-order valence-electron chi connectivity index (χ2n) is 4.14. The second kappa shape index (κ2) is 5.77. The number of nitrogens with zero attached hydrogens (tertiary/aromatic N) is 1. The largest absolute Gasteiger partial charge is 0.344 e. The lowest BCUT2D eigenvalue weighted by Gasteiger charge is -2.26. The Labute approximate surface area is 92.2 Å². The highest BCUT2D eigenvalue weighted by atomic mass is 16.2. The SMILES string of the molecule is C#CCNC(=O)CN1C(C)CCC1CC. The van der Waals surface area contributed by atoms with Gasteiger partial charge in [0.2, 0.25) is 5.91 Å². The molecule has 15 heavy (non-hydrogen) atoms. The quantitative estimate of drug-likeness (QED) is 0.699. The summed E-state index contributed by atoms with van der Waals surface area (Å²) in [6, 6.07) is 1.09. The van der Waals surface area contributed by atoms with Gasteiger partial charge in [-0.05, 0) is 26.2 Å². The average Bonchev–Trinajstić information content (AvgIpc) is 2.57. The number of carbonyl (C=O) groups is 1. The first kappa shape index (κ1) is 12.1. The first-order valence-electron chi connectivity index (χ1n) is 5.65. The molecule has 1 rings (SSSR count). The predicted octanol–water partition coefficient (Wildman–Crippen LogP) is 0.999. The minimum absolute atomic E-state index is 0.0418. The van der Waals surface area contributed by atoms with Crippen LogP contribution in [0.2, 0.25) is 0 Å². The number of amides is 1. The zero-order valence-corrected chi connectivity index (χ0v) is 9.62. The molecule has 1 N–H and O–H groups in total. The summed E-state index contributed by atoms with van der Waals surface area (Å²) >= 11 is 0. The lowest BCUT2D eigenvalue weighted by Crippen LogP contribution is -2.42. The molecule has 3 heteroatoms. The first-order valence-corrected chi connectivity index (χ1v) is 5.65. The first-order chi connectivity index (χ1) is 7.19. The number of carbonyl (C=O) groups excluding carboxylic acids is 1. The molecule has 0 aromatic heterocycles. The van der Waals surface area contributed by atoms with Crippen LogP contribution in [0.5, 0.6) is 0 Å². The molecule has 0 aromatic rings. The summed E-state index contributed by atoms with van der Waals surface area (Å²) in [6.45, 7) is 5.18. The topological polar surface area (TPSA) is 32.3 Å². The summed E-state index contributed by atoms with van der Waals surface area (Å²) in [5.41, 5.74) is 0. The van der Waals surface area contributed by atoms with Crippen molar-refractivity contribution in [1.82, 2.24) is 10.2 Å².